The number of nitrogens with one attached hydrogen (secondary N) is 1. The van der Waals surface area contributed by atoms with Crippen LogP contribution in [0.5, 0.6) is 0 Å². The van der Waals surface area contributed by atoms with Crippen molar-refractivity contribution in [3.8, 4) is 11.3 Å². The Hall–Kier alpha value is -2.87. The Kier molecular flexibility index (Phi) is 6.00. The van der Waals surface area contributed by atoms with Gasteiger partial charge in [-0.05, 0) is 32.0 Å². The average Bonchev–Trinajstić information content (AvgIpc) is 3.28. The smallest absolute Gasteiger partial charge is 0.341 e. The van der Waals surface area contributed by atoms with Crippen molar-refractivity contribution in [1.29, 1.82) is 0 Å². The number of hydrogen-bond donors (Lipinski definition) is 1. The zero-order valence-electron chi connectivity index (χ0n) is 16.5. The van der Waals surface area contributed by atoms with Crippen LogP contribution in [0.3, 0.4) is 0 Å². The molecule has 2 heterocycles. The fourth-order valence-electron chi connectivity index (χ4n) is 3.24. The molecule has 0 fully saturated rings. The average molecular weight is 475 g/mol. The third-order valence-electron chi connectivity index (χ3n) is 4.59. The number of ether oxygens (including phenoxy) is 1. The van der Waals surface area contributed by atoms with Crippen LogP contribution in [0.15, 0.2) is 47.0 Å². The number of aromatic nitrogens is 1. The second kappa shape index (κ2) is 8.70. The van der Waals surface area contributed by atoms with Crippen molar-refractivity contribution in [2.75, 3.05) is 11.9 Å². The molecule has 0 aliphatic rings. The molecule has 0 atom stereocenters. The highest BCUT2D eigenvalue weighted by Crippen LogP contribution is 2.39. The van der Waals surface area contributed by atoms with Gasteiger partial charge in [-0.15, -0.1) is 11.3 Å². The molecule has 2 aromatic heterocycles. The van der Waals surface area contributed by atoms with Crippen LogP contribution < -0.4 is 5.32 Å². The minimum atomic E-state index is -0.508. The Balaban J connectivity index is 1.79. The number of carbonyl (C=O) groups excluding carboxylic acids is 2. The summed E-state index contributed by atoms with van der Waals surface area (Å²) in [5, 5.41) is 8.59. The number of hydrogen-bond acceptors (Lipinski definition) is 6. The Morgan fingerprint density at radius 1 is 1.10 bits per heavy atom. The first-order valence-electron chi connectivity index (χ1n) is 9.33. The van der Waals surface area contributed by atoms with Crippen molar-refractivity contribution in [3.05, 3.63) is 69.4 Å². The lowest BCUT2D eigenvalue weighted by molar-refractivity contribution is 0.0530. The van der Waals surface area contributed by atoms with E-state index in [9.17, 15) is 9.59 Å². The zero-order chi connectivity index (χ0) is 22.1. The molecule has 0 unspecified atom stereocenters. The van der Waals surface area contributed by atoms with Crippen molar-refractivity contribution >= 4 is 61.5 Å². The number of fused-ring (bicyclic) bond motifs is 1. The molecule has 4 rings (SSSR count). The molecule has 0 aliphatic heterocycles. The molecule has 0 spiro atoms. The Morgan fingerprint density at radius 3 is 2.52 bits per heavy atom. The van der Waals surface area contributed by atoms with Crippen LogP contribution in [0.2, 0.25) is 10.0 Å². The monoisotopic (exact) mass is 474 g/mol. The Bertz CT molecular complexity index is 1290. The summed E-state index contributed by atoms with van der Waals surface area (Å²) in [7, 11) is 0. The number of halogens is 2. The summed E-state index contributed by atoms with van der Waals surface area (Å²) in [6.07, 6.45) is 0. The van der Waals surface area contributed by atoms with E-state index in [2.05, 4.69) is 10.5 Å². The third-order valence-corrected chi connectivity index (χ3v) is 6.31. The SMILES string of the molecule is CCOC(=O)c1c(NC(=O)c2c(-c3c(Cl)cccc3Cl)noc2C)sc2ccccc12. The molecule has 4 aromatic rings. The molecule has 2 aromatic carbocycles. The van der Waals surface area contributed by atoms with Crippen molar-refractivity contribution in [2.45, 2.75) is 13.8 Å². The normalized spacial score (nSPS) is 11.0. The number of rotatable bonds is 5. The first-order valence-corrected chi connectivity index (χ1v) is 10.9. The highest BCUT2D eigenvalue weighted by atomic mass is 35.5. The minimum Gasteiger partial charge on any atom is -0.462 e. The third kappa shape index (κ3) is 3.92. The second-order valence-electron chi connectivity index (χ2n) is 6.54. The lowest BCUT2D eigenvalue weighted by Gasteiger charge is -2.08. The second-order valence-corrected chi connectivity index (χ2v) is 8.40. The van der Waals surface area contributed by atoms with E-state index in [1.165, 1.54) is 11.3 Å². The van der Waals surface area contributed by atoms with E-state index >= 15 is 0 Å². The van der Waals surface area contributed by atoms with Gasteiger partial charge < -0.3 is 14.6 Å². The van der Waals surface area contributed by atoms with Crippen molar-refractivity contribution in [3.63, 3.8) is 0 Å². The van der Waals surface area contributed by atoms with Crippen LogP contribution in [0.25, 0.3) is 21.3 Å². The van der Waals surface area contributed by atoms with Gasteiger partial charge in [-0.3, -0.25) is 4.79 Å². The molecule has 0 saturated carbocycles. The van der Waals surface area contributed by atoms with Crippen LogP contribution in [0, 0.1) is 6.92 Å². The molecule has 9 heteroatoms. The Morgan fingerprint density at radius 2 is 1.81 bits per heavy atom. The largest absolute Gasteiger partial charge is 0.462 e. The summed E-state index contributed by atoms with van der Waals surface area (Å²) < 4.78 is 11.3. The van der Waals surface area contributed by atoms with Crippen molar-refractivity contribution in [1.82, 2.24) is 5.16 Å². The molecule has 1 N–H and O–H groups in total. The molecule has 0 saturated heterocycles. The molecule has 0 aliphatic carbocycles. The number of thiophene rings is 1. The van der Waals surface area contributed by atoms with Gasteiger partial charge in [-0.2, -0.15) is 0 Å². The van der Waals surface area contributed by atoms with E-state index in [1.54, 1.807) is 32.0 Å². The summed E-state index contributed by atoms with van der Waals surface area (Å²) >= 11 is 13.9. The number of anilines is 1. The predicted molar refractivity (Wildman–Crippen MR) is 122 cm³/mol. The summed E-state index contributed by atoms with van der Waals surface area (Å²) in [4.78, 5) is 25.9. The maximum atomic E-state index is 13.3. The highest BCUT2D eigenvalue weighted by molar-refractivity contribution is 7.23. The van der Waals surface area contributed by atoms with Crippen LogP contribution in [0.4, 0.5) is 5.00 Å². The fraction of sp³-hybridized carbons (Fsp3) is 0.136. The number of aryl methyl sites for hydroxylation is 1. The van der Waals surface area contributed by atoms with E-state index in [-0.39, 0.29) is 17.9 Å². The maximum absolute atomic E-state index is 13.3. The Labute approximate surface area is 191 Å². The summed E-state index contributed by atoms with van der Waals surface area (Å²) in [5.74, 6) is -0.712. The van der Waals surface area contributed by atoms with Gasteiger partial charge in [0.25, 0.3) is 5.91 Å². The first kappa shape index (κ1) is 21.4. The molecule has 6 nitrogen and oxygen atoms in total. The quantitative estimate of drug-likeness (QED) is 0.329. The summed E-state index contributed by atoms with van der Waals surface area (Å²) in [6.45, 7) is 3.56. The summed E-state index contributed by atoms with van der Waals surface area (Å²) in [5.41, 5.74) is 1.11. The van der Waals surface area contributed by atoms with Crippen molar-refractivity contribution in [2.24, 2.45) is 0 Å². The molecular weight excluding hydrogens is 459 g/mol. The van der Waals surface area contributed by atoms with Gasteiger partial charge >= 0.3 is 5.97 Å². The van der Waals surface area contributed by atoms with Gasteiger partial charge in [0, 0.05) is 15.6 Å². The highest BCUT2D eigenvalue weighted by Gasteiger charge is 2.27. The van der Waals surface area contributed by atoms with E-state index in [0.29, 0.717) is 37.3 Å². The molecular formula is C22H16Cl2N2O4S. The van der Waals surface area contributed by atoms with Crippen LogP contribution in [0.1, 0.15) is 33.4 Å². The minimum absolute atomic E-state index is 0.183. The van der Waals surface area contributed by atoms with Gasteiger partial charge in [-0.1, -0.05) is 52.6 Å². The number of carbonyl (C=O) groups is 2. The van der Waals surface area contributed by atoms with E-state index < -0.39 is 11.9 Å². The molecule has 0 bridgehead atoms. The van der Waals surface area contributed by atoms with E-state index in [4.69, 9.17) is 32.5 Å². The van der Waals surface area contributed by atoms with Gasteiger partial charge in [0.1, 0.15) is 27.6 Å². The molecule has 31 heavy (non-hydrogen) atoms. The van der Waals surface area contributed by atoms with Crippen LogP contribution in [-0.4, -0.2) is 23.6 Å². The van der Waals surface area contributed by atoms with E-state index in [0.717, 1.165) is 4.70 Å². The number of esters is 1. The number of nitrogens with zero attached hydrogens (tertiary/aromatic N) is 1. The molecule has 158 valence electrons. The van der Waals surface area contributed by atoms with Crippen LogP contribution >= 0.6 is 34.5 Å². The predicted octanol–water partition coefficient (Wildman–Crippen LogP) is 6.60. The van der Waals surface area contributed by atoms with E-state index in [1.807, 2.05) is 24.3 Å². The number of amides is 1. The summed E-state index contributed by atoms with van der Waals surface area (Å²) in [6, 6.07) is 12.4. The number of benzene rings is 2. The van der Waals surface area contributed by atoms with Crippen LogP contribution in [-0.2, 0) is 4.74 Å². The maximum Gasteiger partial charge on any atom is 0.341 e. The van der Waals surface area contributed by atoms with Gasteiger partial charge in [-0.25, -0.2) is 4.79 Å². The molecule has 1 amide bonds. The standard InChI is InChI=1S/C22H16Cl2N2O4S/c1-3-29-22(28)17-12-7-4-5-10-15(12)31-21(17)25-20(27)16-11(2)30-26-19(16)18-13(23)8-6-9-14(18)24/h4-10H,3H2,1-2H3,(H,25,27). The van der Waals surface area contributed by atoms with Gasteiger partial charge in [0.15, 0.2) is 0 Å². The fourth-order valence-corrected chi connectivity index (χ4v) is 4.90. The lowest BCUT2D eigenvalue weighted by Crippen LogP contribution is -2.15. The zero-order valence-corrected chi connectivity index (χ0v) is 18.8. The van der Waals surface area contributed by atoms with Gasteiger partial charge in [0.2, 0.25) is 0 Å². The topological polar surface area (TPSA) is 81.4 Å². The van der Waals surface area contributed by atoms with Crippen molar-refractivity contribution < 1.29 is 18.8 Å². The van der Waals surface area contributed by atoms with Gasteiger partial charge in [0.05, 0.1) is 16.7 Å². The first-order chi connectivity index (χ1) is 14.9. The lowest BCUT2D eigenvalue weighted by atomic mass is 10.1. The molecule has 0 radical (unpaired) electrons.